The highest BCUT2D eigenvalue weighted by molar-refractivity contribution is 7.89. The number of nitrogens with one attached hydrogen (secondary N) is 2. The number of rotatable bonds is 6. The second-order valence-electron chi connectivity index (χ2n) is 9.59. The van der Waals surface area contributed by atoms with Crippen molar-refractivity contribution in [2.24, 2.45) is 5.92 Å². The molecule has 0 bridgehead atoms. The highest BCUT2D eigenvalue weighted by Gasteiger charge is 2.28. The van der Waals surface area contributed by atoms with Crippen LogP contribution < -0.4 is 15.8 Å². The molecule has 1 aromatic carbocycles. The lowest BCUT2D eigenvalue weighted by atomic mass is 9.86. The Balaban J connectivity index is 1.62. The number of alkyl carbamates (subject to hydrolysis) is 1. The smallest absolute Gasteiger partial charge is 0.407 e. The number of aromatic nitrogens is 2. The molecule has 186 valence electrons. The SMILES string of the molecule is Cc1nc(N)ncc1-c1ccc(Cl)c(S(=O)(=O)NC2CCC(CNC(=O)OC(C)(C)C)CC2)c1. The number of halogens is 1. The van der Waals surface area contributed by atoms with Gasteiger partial charge in [-0.25, -0.2) is 27.9 Å². The molecule has 1 aliphatic carbocycles. The summed E-state index contributed by atoms with van der Waals surface area (Å²) in [5.41, 5.74) is 7.04. The van der Waals surface area contributed by atoms with Crippen molar-refractivity contribution in [1.29, 1.82) is 0 Å². The maximum absolute atomic E-state index is 13.2. The van der Waals surface area contributed by atoms with Gasteiger partial charge in [0.2, 0.25) is 16.0 Å². The summed E-state index contributed by atoms with van der Waals surface area (Å²) < 4.78 is 34.4. The molecule has 1 saturated carbocycles. The number of carbonyl (C=O) groups is 1. The topological polar surface area (TPSA) is 136 Å². The van der Waals surface area contributed by atoms with E-state index in [1.54, 1.807) is 25.3 Å². The van der Waals surface area contributed by atoms with E-state index in [0.29, 0.717) is 36.2 Å². The quantitative estimate of drug-likeness (QED) is 0.534. The van der Waals surface area contributed by atoms with Gasteiger partial charge in [0.1, 0.15) is 10.5 Å². The lowest BCUT2D eigenvalue weighted by Gasteiger charge is -2.29. The van der Waals surface area contributed by atoms with Crippen LogP contribution in [-0.2, 0) is 14.8 Å². The van der Waals surface area contributed by atoms with Crippen molar-refractivity contribution in [1.82, 2.24) is 20.0 Å². The normalized spacial score (nSPS) is 19.0. The van der Waals surface area contributed by atoms with Crippen molar-refractivity contribution < 1.29 is 17.9 Å². The minimum Gasteiger partial charge on any atom is -0.444 e. The molecule has 1 amide bonds. The number of nitrogens with zero attached hydrogens (tertiary/aromatic N) is 2. The lowest BCUT2D eigenvalue weighted by Crippen LogP contribution is -2.40. The van der Waals surface area contributed by atoms with Crippen LogP contribution >= 0.6 is 11.6 Å². The molecule has 1 aromatic heterocycles. The Labute approximate surface area is 205 Å². The monoisotopic (exact) mass is 509 g/mol. The van der Waals surface area contributed by atoms with Gasteiger partial charge in [-0.1, -0.05) is 17.7 Å². The Hall–Kier alpha value is -2.43. The molecule has 2 aromatic rings. The Morgan fingerprint density at radius 1 is 1.24 bits per heavy atom. The summed E-state index contributed by atoms with van der Waals surface area (Å²) in [6.45, 7) is 7.74. The molecule has 3 rings (SSSR count). The minimum absolute atomic E-state index is 0.0107. The van der Waals surface area contributed by atoms with E-state index in [4.69, 9.17) is 22.1 Å². The summed E-state index contributed by atoms with van der Waals surface area (Å²) in [4.78, 5) is 20.0. The Kier molecular flexibility index (Phi) is 8.05. The summed E-state index contributed by atoms with van der Waals surface area (Å²) in [5, 5.41) is 2.94. The predicted molar refractivity (Wildman–Crippen MR) is 132 cm³/mol. The number of sulfonamides is 1. The number of nitrogens with two attached hydrogens (primary N) is 1. The molecule has 0 radical (unpaired) electrons. The number of anilines is 1. The van der Waals surface area contributed by atoms with Crippen LogP contribution in [0, 0.1) is 12.8 Å². The third-order valence-corrected chi connectivity index (χ3v) is 7.63. The first kappa shape index (κ1) is 26.2. The molecular weight excluding hydrogens is 478 g/mol. The first-order valence-corrected chi connectivity index (χ1v) is 13.1. The largest absolute Gasteiger partial charge is 0.444 e. The molecule has 0 aliphatic heterocycles. The van der Waals surface area contributed by atoms with Crippen LogP contribution in [0.25, 0.3) is 11.1 Å². The number of hydrogen-bond donors (Lipinski definition) is 3. The van der Waals surface area contributed by atoms with E-state index < -0.39 is 21.7 Å². The van der Waals surface area contributed by atoms with Gasteiger partial charge in [0.25, 0.3) is 0 Å². The molecule has 0 unspecified atom stereocenters. The van der Waals surface area contributed by atoms with E-state index in [1.165, 1.54) is 6.07 Å². The van der Waals surface area contributed by atoms with Crippen molar-refractivity contribution in [3.05, 3.63) is 35.1 Å². The van der Waals surface area contributed by atoms with Crippen LogP contribution in [0.4, 0.5) is 10.7 Å². The van der Waals surface area contributed by atoms with E-state index in [1.807, 2.05) is 20.8 Å². The lowest BCUT2D eigenvalue weighted by molar-refractivity contribution is 0.0514. The predicted octanol–water partition coefficient (Wildman–Crippen LogP) is 4.05. The van der Waals surface area contributed by atoms with Gasteiger partial charge in [-0.2, -0.15) is 0 Å². The number of hydrogen-bond acceptors (Lipinski definition) is 7. The van der Waals surface area contributed by atoms with E-state index in [2.05, 4.69) is 20.0 Å². The van der Waals surface area contributed by atoms with Gasteiger partial charge in [0.15, 0.2) is 0 Å². The van der Waals surface area contributed by atoms with Crippen molar-refractivity contribution in [3.8, 4) is 11.1 Å². The number of aryl methyl sites for hydroxylation is 1. The average molecular weight is 510 g/mol. The third-order valence-electron chi connectivity index (χ3n) is 5.63. The fraction of sp³-hybridized carbons (Fsp3) is 0.522. The number of nitrogen functional groups attached to an aromatic ring is 1. The van der Waals surface area contributed by atoms with Crippen molar-refractivity contribution in [3.63, 3.8) is 0 Å². The second kappa shape index (κ2) is 10.5. The first-order valence-electron chi connectivity index (χ1n) is 11.2. The summed E-state index contributed by atoms with van der Waals surface area (Å²) in [6, 6.07) is 4.61. The van der Waals surface area contributed by atoms with Crippen LogP contribution in [-0.4, -0.2) is 42.7 Å². The summed E-state index contributed by atoms with van der Waals surface area (Å²) in [5.74, 6) is 0.426. The standard InChI is InChI=1S/C23H32ClN5O4S/c1-14-18(13-26-21(25)28-14)16-7-10-19(24)20(11-16)34(31,32)29-17-8-5-15(6-9-17)12-27-22(30)33-23(2,3)4/h7,10-11,13,15,17,29H,5-6,8-9,12H2,1-4H3,(H,27,30)(H2,25,26,28). The van der Waals surface area contributed by atoms with Gasteiger partial charge < -0.3 is 15.8 Å². The molecule has 1 heterocycles. The van der Waals surface area contributed by atoms with Crippen LogP contribution in [0.5, 0.6) is 0 Å². The van der Waals surface area contributed by atoms with Crippen LogP contribution in [0.3, 0.4) is 0 Å². The molecule has 0 saturated heterocycles. The maximum atomic E-state index is 13.2. The van der Waals surface area contributed by atoms with Gasteiger partial charge in [-0.15, -0.1) is 0 Å². The van der Waals surface area contributed by atoms with Gasteiger partial charge in [0.05, 0.1) is 10.7 Å². The van der Waals surface area contributed by atoms with Crippen molar-refractivity contribution in [2.45, 2.75) is 69.9 Å². The zero-order valence-electron chi connectivity index (χ0n) is 19.9. The molecule has 34 heavy (non-hydrogen) atoms. The highest BCUT2D eigenvalue weighted by Crippen LogP contribution is 2.31. The Bertz CT molecular complexity index is 1140. The highest BCUT2D eigenvalue weighted by atomic mass is 35.5. The molecule has 1 fully saturated rings. The van der Waals surface area contributed by atoms with Gasteiger partial charge in [-0.05, 0) is 77.0 Å². The Morgan fingerprint density at radius 3 is 2.53 bits per heavy atom. The van der Waals surface area contributed by atoms with Gasteiger partial charge >= 0.3 is 6.09 Å². The van der Waals surface area contributed by atoms with E-state index in [0.717, 1.165) is 12.8 Å². The number of benzene rings is 1. The van der Waals surface area contributed by atoms with Crippen LogP contribution in [0.2, 0.25) is 5.02 Å². The fourth-order valence-electron chi connectivity index (χ4n) is 3.95. The molecule has 11 heteroatoms. The summed E-state index contributed by atoms with van der Waals surface area (Å²) in [6.07, 6.45) is 4.05. The van der Waals surface area contributed by atoms with Crippen LogP contribution in [0.15, 0.2) is 29.3 Å². The molecule has 0 atom stereocenters. The molecule has 9 nitrogen and oxygen atoms in total. The van der Waals surface area contributed by atoms with Crippen molar-refractivity contribution in [2.75, 3.05) is 12.3 Å². The van der Waals surface area contributed by atoms with E-state index in [-0.39, 0.29) is 27.8 Å². The minimum atomic E-state index is -3.84. The number of carbonyl (C=O) groups excluding carboxylic acids is 1. The molecule has 4 N–H and O–H groups in total. The average Bonchev–Trinajstić information content (AvgIpc) is 2.72. The summed E-state index contributed by atoms with van der Waals surface area (Å²) >= 11 is 6.27. The van der Waals surface area contributed by atoms with Crippen LogP contribution in [0.1, 0.15) is 52.1 Å². The maximum Gasteiger partial charge on any atom is 0.407 e. The zero-order chi connectivity index (χ0) is 25.1. The zero-order valence-corrected chi connectivity index (χ0v) is 21.5. The van der Waals surface area contributed by atoms with Gasteiger partial charge in [0, 0.05) is 24.3 Å². The van der Waals surface area contributed by atoms with Gasteiger partial charge in [-0.3, -0.25) is 0 Å². The molecule has 1 aliphatic rings. The third kappa shape index (κ3) is 7.04. The number of amides is 1. The first-order chi connectivity index (χ1) is 15.8. The fourth-order valence-corrected chi connectivity index (χ4v) is 5.79. The van der Waals surface area contributed by atoms with E-state index in [9.17, 15) is 13.2 Å². The second-order valence-corrected chi connectivity index (χ2v) is 11.7. The van der Waals surface area contributed by atoms with Crippen molar-refractivity contribution >= 4 is 33.7 Å². The molecule has 0 spiro atoms. The number of ether oxygens (including phenoxy) is 1. The Morgan fingerprint density at radius 2 is 1.91 bits per heavy atom. The van der Waals surface area contributed by atoms with E-state index >= 15 is 0 Å². The molecular formula is C23H32ClN5O4S. The summed E-state index contributed by atoms with van der Waals surface area (Å²) in [7, 11) is -3.84.